The Bertz CT molecular complexity index is 1110. The summed E-state index contributed by atoms with van der Waals surface area (Å²) >= 11 is 0. The Morgan fingerprint density at radius 3 is 2.22 bits per heavy atom. The van der Waals surface area contributed by atoms with E-state index in [1.165, 1.54) is 20.3 Å². The first kappa shape index (κ1) is 22.8. The normalized spacial score (nSPS) is 10.4. The van der Waals surface area contributed by atoms with Gasteiger partial charge in [0.05, 0.1) is 26.4 Å². The summed E-state index contributed by atoms with van der Waals surface area (Å²) in [7, 11) is 2.43. The fourth-order valence-corrected chi connectivity index (χ4v) is 3.36. The number of rotatable bonds is 9. The lowest BCUT2D eigenvalue weighted by Gasteiger charge is -2.07. The number of unbranched alkanes of at least 4 members (excludes halogenated alkanes) is 1. The van der Waals surface area contributed by atoms with Crippen LogP contribution in [0.25, 0.3) is 17.0 Å². The van der Waals surface area contributed by atoms with E-state index < -0.39 is 11.9 Å². The molecule has 0 bridgehead atoms. The summed E-state index contributed by atoms with van der Waals surface area (Å²) in [5.41, 5.74) is 2.04. The molecule has 1 aromatic heterocycles. The van der Waals surface area contributed by atoms with E-state index in [-0.39, 0.29) is 11.5 Å². The minimum atomic E-state index is -0.756. The lowest BCUT2D eigenvalue weighted by Crippen LogP contribution is -2.15. The number of carbonyl (C=O) groups excluding carboxylic acids is 3. The molecule has 0 amide bonds. The third kappa shape index (κ3) is 5.43. The zero-order valence-electron chi connectivity index (χ0n) is 18.1. The average molecular weight is 435 g/mol. The molecule has 7 heteroatoms. The van der Waals surface area contributed by atoms with Crippen LogP contribution < -0.4 is 0 Å². The summed E-state index contributed by atoms with van der Waals surface area (Å²) in [6.45, 7) is 1.01. The number of hydrogen-bond donors (Lipinski definition) is 0. The van der Waals surface area contributed by atoms with Gasteiger partial charge in [-0.15, -0.1) is 0 Å². The topological polar surface area (TPSA) is 83.8 Å². The van der Waals surface area contributed by atoms with Crippen molar-refractivity contribution in [3.63, 3.8) is 0 Å². The molecule has 3 rings (SSSR count). The van der Waals surface area contributed by atoms with Gasteiger partial charge in [0.2, 0.25) is 0 Å². The maximum atomic E-state index is 12.0. The third-order valence-electron chi connectivity index (χ3n) is 4.97. The van der Waals surface area contributed by atoms with E-state index >= 15 is 0 Å². The molecule has 0 atom stereocenters. The van der Waals surface area contributed by atoms with Crippen LogP contribution in [0, 0.1) is 0 Å². The van der Waals surface area contributed by atoms with Gasteiger partial charge in [-0.2, -0.15) is 0 Å². The number of fused-ring (bicyclic) bond motifs is 1. The highest BCUT2D eigenvalue weighted by Gasteiger charge is 2.21. The second kappa shape index (κ2) is 10.9. The van der Waals surface area contributed by atoms with Crippen molar-refractivity contribution in [2.45, 2.75) is 19.4 Å². The van der Waals surface area contributed by atoms with E-state index in [0.29, 0.717) is 30.7 Å². The predicted octanol–water partition coefficient (Wildman–Crippen LogP) is 4.01. The minimum absolute atomic E-state index is 0.175. The zero-order valence-corrected chi connectivity index (χ0v) is 18.1. The Morgan fingerprint density at radius 1 is 0.875 bits per heavy atom. The summed E-state index contributed by atoms with van der Waals surface area (Å²) in [4.78, 5) is 36.1. The average Bonchev–Trinajstić information content (AvgIpc) is 3.19. The summed E-state index contributed by atoms with van der Waals surface area (Å²) in [6, 6.07) is 16.6. The summed E-state index contributed by atoms with van der Waals surface area (Å²) in [6.07, 6.45) is 4.85. The molecule has 1 heterocycles. The van der Waals surface area contributed by atoms with E-state index in [9.17, 15) is 14.4 Å². The molecule has 0 unspecified atom stereocenters. The largest absolute Gasteiger partial charge is 0.465 e. The predicted molar refractivity (Wildman–Crippen MR) is 120 cm³/mol. The van der Waals surface area contributed by atoms with Gasteiger partial charge in [-0.05, 0) is 37.1 Å². The fraction of sp³-hybridized carbons (Fsp3) is 0.240. The van der Waals surface area contributed by atoms with Gasteiger partial charge in [0.25, 0.3) is 0 Å². The van der Waals surface area contributed by atoms with Gasteiger partial charge in [0.1, 0.15) is 5.57 Å². The number of aryl methyl sites for hydroxylation is 1. The maximum absolute atomic E-state index is 12.0. The highest BCUT2D eigenvalue weighted by atomic mass is 16.5. The van der Waals surface area contributed by atoms with Crippen molar-refractivity contribution in [2.75, 3.05) is 20.8 Å². The molecule has 0 aliphatic heterocycles. The number of aromatic nitrogens is 1. The standard InChI is InChI=1S/C25H25NO6/c1-30-24(28)21(25(29)31-2)16-19-17-26(22-13-7-6-12-20(19)22)14-8-9-15-32-23(27)18-10-4-3-5-11-18/h3-7,10-13,16-17H,8-9,14-15H2,1-2H3. The number of carbonyl (C=O) groups is 3. The number of hydrogen-bond acceptors (Lipinski definition) is 6. The van der Waals surface area contributed by atoms with Gasteiger partial charge in [-0.25, -0.2) is 14.4 Å². The first-order valence-corrected chi connectivity index (χ1v) is 10.2. The van der Waals surface area contributed by atoms with Crippen LogP contribution in [-0.2, 0) is 30.3 Å². The van der Waals surface area contributed by atoms with Crippen LogP contribution in [-0.4, -0.2) is 43.3 Å². The summed E-state index contributed by atoms with van der Waals surface area (Å²) < 4.78 is 16.8. The SMILES string of the molecule is COC(=O)C(=Cc1cn(CCCCOC(=O)c2ccccc2)c2ccccc12)C(=O)OC. The second-order valence-electron chi connectivity index (χ2n) is 7.05. The minimum Gasteiger partial charge on any atom is -0.465 e. The van der Waals surface area contributed by atoms with Crippen molar-refractivity contribution in [1.82, 2.24) is 4.57 Å². The van der Waals surface area contributed by atoms with Gasteiger partial charge in [-0.3, -0.25) is 0 Å². The Hall–Kier alpha value is -3.87. The Morgan fingerprint density at radius 2 is 1.53 bits per heavy atom. The smallest absolute Gasteiger partial charge is 0.345 e. The number of esters is 3. The molecule has 0 N–H and O–H groups in total. The molecule has 2 aromatic carbocycles. The van der Waals surface area contributed by atoms with Gasteiger partial charge in [-0.1, -0.05) is 36.4 Å². The molecule has 0 spiro atoms. The van der Waals surface area contributed by atoms with Crippen LogP contribution in [0.5, 0.6) is 0 Å². The van der Waals surface area contributed by atoms with Crippen molar-refractivity contribution < 1.29 is 28.6 Å². The first-order chi connectivity index (χ1) is 15.5. The van der Waals surface area contributed by atoms with Crippen molar-refractivity contribution in [2.24, 2.45) is 0 Å². The van der Waals surface area contributed by atoms with Crippen LogP contribution in [0.3, 0.4) is 0 Å². The van der Waals surface area contributed by atoms with Gasteiger partial charge < -0.3 is 18.8 Å². The molecule has 0 aliphatic carbocycles. The molecular weight excluding hydrogens is 410 g/mol. The molecule has 0 fully saturated rings. The maximum Gasteiger partial charge on any atom is 0.345 e. The van der Waals surface area contributed by atoms with Crippen molar-refractivity contribution in [1.29, 1.82) is 0 Å². The fourth-order valence-electron chi connectivity index (χ4n) is 3.36. The van der Waals surface area contributed by atoms with Crippen molar-refractivity contribution >= 4 is 34.9 Å². The van der Waals surface area contributed by atoms with E-state index in [1.54, 1.807) is 24.3 Å². The van der Waals surface area contributed by atoms with Crippen LogP contribution in [0.4, 0.5) is 0 Å². The molecule has 166 valence electrons. The number of nitrogens with zero attached hydrogens (tertiary/aromatic N) is 1. The number of ether oxygens (including phenoxy) is 3. The van der Waals surface area contributed by atoms with Crippen molar-refractivity contribution in [3.05, 3.63) is 77.5 Å². The van der Waals surface area contributed by atoms with Gasteiger partial charge in [0.15, 0.2) is 0 Å². The van der Waals surface area contributed by atoms with Gasteiger partial charge >= 0.3 is 17.9 Å². The Balaban J connectivity index is 1.69. The second-order valence-corrected chi connectivity index (χ2v) is 7.05. The van der Waals surface area contributed by atoms with E-state index in [1.807, 2.05) is 41.1 Å². The molecule has 7 nitrogen and oxygen atoms in total. The number of benzene rings is 2. The molecule has 3 aromatic rings. The molecule has 0 saturated heterocycles. The molecule has 0 saturated carbocycles. The van der Waals surface area contributed by atoms with Gasteiger partial charge in [0, 0.05) is 29.2 Å². The van der Waals surface area contributed by atoms with E-state index in [4.69, 9.17) is 14.2 Å². The van der Waals surface area contributed by atoms with E-state index in [0.717, 1.165) is 17.3 Å². The van der Waals surface area contributed by atoms with E-state index in [2.05, 4.69) is 0 Å². The molecule has 0 radical (unpaired) electrons. The highest BCUT2D eigenvalue weighted by Crippen LogP contribution is 2.24. The van der Waals surface area contributed by atoms with Crippen LogP contribution >= 0.6 is 0 Å². The monoisotopic (exact) mass is 435 g/mol. The van der Waals surface area contributed by atoms with Crippen LogP contribution in [0.15, 0.2) is 66.4 Å². The first-order valence-electron chi connectivity index (χ1n) is 10.2. The van der Waals surface area contributed by atoms with Crippen LogP contribution in [0.2, 0.25) is 0 Å². The lowest BCUT2D eigenvalue weighted by atomic mass is 10.1. The molecule has 32 heavy (non-hydrogen) atoms. The highest BCUT2D eigenvalue weighted by molar-refractivity contribution is 6.18. The lowest BCUT2D eigenvalue weighted by molar-refractivity contribution is -0.143. The Kier molecular flexibility index (Phi) is 7.80. The zero-order chi connectivity index (χ0) is 22.9. The van der Waals surface area contributed by atoms with Crippen molar-refractivity contribution in [3.8, 4) is 0 Å². The third-order valence-corrected chi connectivity index (χ3v) is 4.97. The molecular formula is C25H25NO6. The summed E-state index contributed by atoms with van der Waals surface area (Å²) in [5.74, 6) is -1.84. The number of methoxy groups -OCH3 is 2. The Labute approximate surface area is 186 Å². The molecule has 0 aliphatic rings. The summed E-state index contributed by atoms with van der Waals surface area (Å²) in [5, 5.41) is 0.897. The number of para-hydroxylation sites is 1. The van der Waals surface area contributed by atoms with Crippen LogP contribution in [0.1, 0.15) is 28.8 Å². The quantitative estimate of drug-likeness (QED) is 0.126.